The summed E-state index contributed by atoms with van der Waals surface area (Å²) in [5.41, 5.74) is 1.04. The molecule has 3 rings (SSSR count). The average molecular weight is 335 g/mol. The second-order valence-corrected chi connectivity index (χ2v) is 5.42. The van der Waals surface area contributed by atoms with Gasteiger partial charge in [-0.1, -0.05) is 17.7 Å². The fraction of sp³-hybridized carbons (Fsp3) is 0.125. The maximum atomic E-state index is 13.2. The molecular weight excluding hydrogens is 323 g/mol. The molecule has 0 bridgehead atoms. The predicted molar refractivity (Wildman–Crippen MR) is 84.5 cm³/mol. The molecule has 2 amide bonds. The third kappa shape index (κ3) is 2.98. The first-order valence-electron chi connectivity index (χ1n) is 6.82. The van der Waals surface area contributed by atoms with Crippen molar-refractivity contribution in [1.29, 1.82) is 0 Å². The summed E-state index contributed by atoms with van der Waals surface area (Å²) in [4.78, 5) is 24.0. The van der Waals surface area contributed by atoms with Gasteiger partial charge in [-0.05, 0) is 37.3 Å². The third-order valence-electron chi connectivity index (χ3n) is 3.36. The summed E-state index contributed by atoms with van der Waals surface area (Å²) in [7, 11) is 0. The van der Waals surface area contributed by atoms with Crippen molar-refractivity contribution in [3.05, 3.63) is 52.8 Å². The van der Waals surface area contributed by atoms with Crippen LogP contribution in [-0.2, 0) is 4.79 Å². The van der Waals surface area contributed by atoms with E-state index in [0.29, 0.717) is 17.1 Å². The molecule has 7 heteroatoms. The number of hydrogen-bond acceptors (Lipinski definition) is 3. The quantitative estimate of drug-likeness (QED) is 0.884. The van der Waals surface area contributed by atoms with Crippen LogP contribution in [0.15, 0.2) is 36.4 Å². The first-order valence-corrected chi connectivity index (χ1v) is 7.20. The van der Waals surface area contributed by atoms with Crippen LogP contribution in [0, 0.1) is 5.82 Å². The molecule has 0 aliphatic carbocycles. The molecule has 0 aromatic heterocycles. The van der Waals surface area contributed by atoms with Gasteiger partial charge in [0, 0.05) is 5.69 Å². The Morgan fingerprint density at radius 3 is 2.87 bits per heavy atom. The third-order valence-corrected chi connectivity index (χ3v) is 3.65. The van der Waals surface area contributed by atoms with Crippen molar-refractivity contribution < 1.29 is 18.7 Å². The molecule has 1 atom stereocenters. The Morgan fingerprint density at radius 2 is 2.13 bits per heavy atom. The summed E-state index contributed by atoms with van der Waals surface area (Å²) >= 11 is 5.70. The molecule has 0 saturated carbocycles. The predicted octanol–water partition coefficient (Wildman–Crippen LogP) is 3.45. The molecule has 2 aromatic rings. The molecule has 1 heterocycles. The van der Waals surface area contributed by atoms with Crippen molar-refractivity contribution in [2.45, 2.75) is 13.0 Å². The fourth-order valence-electron chi connectivity index (χ4n) is 2.18. The van der Waals surface area contributed by atoms with Crippen LogP contribution in [0.4, 0.5) is 15.8 Å². The Balaban J connectivity index is 1.90. The zero-order valence-corrected chi connectivity index (χ0v) is 12.8. The zero-order chi connectivity index (χ0) is 16.6. The van der Waals surface area contributed by atoms with Gasteiger partial charge in [-0.2, -0.15) is 0 Å². The van der Waals surface area contributed by atoms with Crippen molar-refractivity contribution in [1.82, 2.24) is 0 Å². The van der Waals surface area contributed by atoms with Crippen molar-refractivity contribution in [3.63, 3.8) is 0 Å². The standard InChI is InChI=1S/C16H12ClFN2O3/c1-8-15(21)20-13-4-2-3-10(14(13)23-8)16(22)19-9-5-6-12(18)11(17)7-9/h2-8H,1H3,(H,19,22)(H,20,21). The van der Waals surface area contributed by atoms with Crippen LogP contribution in [0.1, 0.15) is 17.3 Å². The lowest BCUT2D eigenvalue weighted by atomic mass is 10.1. The molecular formula is C16H12ClFN2O3. The number of carbonyl (C=O) groups excluding carboxylic acids is 2. The van der Waals surface area contributed by atoms with Gasteiger partial charge in [0.1, 0.15) is 5.82 Å². The highest BCUT2D eigenvalue weighted by Crippen LogP contribution is 2.33. The zero-order valence-electron chi connectivity index (χ0n) is 12.0. The van der Waals surface area contributed by atoms with Crippen molar-refractivity contribution >= 4 is 34.8 Å². The number of rotatable bonds is 2. The molecule has 0 saturated heterocycles. The number of benzene rings is 2. The van der Waals surface area contributed by atoms with E-state index in [1.54, 1.807) is 25.1 Å². The number of amides is 2. The highest BCUT2D eigenvalue weighted by Gasteiger charge is 2.27. The number of anilines is 2. The Hall–Kier alpha value is -2.60. The summed E-state index contributed by atoms with van der Waals surface area (Å²) in [5, 5.41) is 5.20. The van der Waals surface area contributed by atoms with E-state index >= 15 is 0 Å². The Kier molecular flexibility index (Phi) is 3.92. The minimum atomic E-state index is -0.697. The van der Waals surface area contributed by atoms with Crippen LogP contribution in [0.3, 0.4) is 0 Å². The normalized spacial score (nSPS) is 16.1. The largest absolute Gasteiger partial charge is 0.478 e. The maximum Gasteiger partial charge on any atom is 0.265 e. The first-order chi connectivity index (χ1) is 11.0. The van der Waals surface area contributed by atoms with E-state index in [9.17, 15) is 14.0 Å². The van der Waals surface area contributed by atoms with Gasteiger partial charge in [0.25, 0.3) is 11.8 Å². The fourth-order valence-corrected chi connectivity index (χ4v) is 2.36. The smallest absolute Gasteiger partial charge is 0.265 e. The lowest BCUT2D eigenvalue weighted by Gasteiger charge is -2.25. The minimum Gasteiger partial charge on any atom is -0.478 e. The van der Waals surface area contributed by atoms with E-state index in [-0.39, 0.29) is 16.5 Å². The Bertz CT molecular complexity index is 810. The van der Waals surface area contributed by atoms with E-state index in [2.05, 4.69) is 10.6 Å². The SMILES string of the molecule is CC1Oc2c(cccc2C(=O)Nc2ccc(F)c(Cl)c2)NC1=O. The topological polar surface area (TPSA) is 67.4 Å². The number of ether oxygens (including phenoxy) is 1. The molecule has 0 spiro atoms. The number of fused-ring (bicyclic) bond motifs is 1. The van der Waals surface area contributed by atoms with Gasteiger partial charge in [0.15, 0.2) is 11.9 Å². The van der Waals surface area contributed by atoms with Crippen molar-refractivity contribution in [2.24, 2.45) is 0 Å². The lowest BCUT2D eigenvalue weighted by molar-refractivity contribution is -0.122. The van der Waals surface area contributed by atoms with Gasteiger partial charge in [0.05, 0.1) is 16.3 Å². The molecule has 23 heavy (non-hydrogen) atoms. The van der Waals surface area contributed by atoms with Gasteiger partial charge in [-0.25, -0.2) is 4.39 Å². The van der Waals surface area contributed by atoms with Gasteiger partial charge in [0.2, 0.25) is 0 Å². The lowest BCUT2D eigenvalue weighted by Crippen LogP contribution is -2.35. The van der Waals surface area contributed by atoms with E-state index in [1.807, 2.05) is 0 Å². The van der Waals surface area contributed by atoms with E-state index < -0.39 is 17.8 Å². The number of halogens is 2. The van der Waals surface area contributed by atoms with Gasteiger partial charge in [-0.15, -0.1) is 0 Å². The number of carbonyl (C=O) groups is 2. The Morgan fingerprint density at radius 1 is 1.35 bits per heavy atom. The highest BCUT2D eigenvalue weighted by atomic mass is 35.5. The summed E-state index contributed by atoms with van der Waals surface area (Å²) < 4.78 is 18.7. The van der Waals surface area contributed by atoms with Gasteiger partial charge in [-0.3, -0.25) is 9.59 Å². The van der Waals surface area contributed by atoms with E-state index in [4.69, 9.17) is 16.3 Å². The van der Waals surface area contributed by atoms with Crippen LogP contribution in [0.5, 0.6) is 5.75 Å². The number of para-hydroxylation sites is 1. The van der Waals surface area contributed by atoms with E-state index in [1.165, 1.54) is 12.1 Å². The minimum absolute atomic E-state index is 0.0879. The molecule has 0 fully saturated rings. The van der Waals surface area contributed by atoms with E-state index in [0.717, 1.165) is 6.07 Å². The average Bonchev–Trinajstić information content (AvgIpc) is 2.51. The number of nitrogens with one attached hydrogen (secondary N) is 2. The summed E-state index contributed by atoms with van der Waals surface area (Å²) in [6.45, 7) is 1.59. The number of hydrogen-bond donors (Lipinski definition) is 2. The first kappa shape index (κ1) is 15.3. The van der Waals surface area contributed by atoms with Gasteiger partial charge >= 0.3 is 0 Å². The molecule has 0 radical (unpaired) electrons. The summed E-state index contributed by atoms with van der Waals surface area (Å²) in [5.74, 6) is -1.000. The summed E-state index contributed by atoms with van der Waals surface area (Å²) in [6.07, 6.45) is -0.697. The highest BCUT2D eigenvalue weighted by molar-refractivity contribution is 6.31. The maximum absolute atomic E-state index is 13.2. The van der Waals surface area contributed by atoms with Crippen LogP contribution in [0.2, 0.25) is 5.02 Å². The molecule has 5 nitrogen and oxygen atoms in total. The van der Waals surface area contributed by atoms with Crippen LogP contribution >= 0.6 is 11.6 Å². The molecule has 1 aliphatic heterocycles. The Labute approximate surface area is 136 Å². The molecule has 1 unspecified atom stereocenters. The van der Waals surface area contributed by atoms with Crippen LogP contribution in [-0.4, -0.2) is 17.9 Å². The monoisotopic (exact) mass is 334 g/mol. The van der Waals surface area contributed by atoms with Crippen LogP contribution < -0.4 is 15.4 Å². The second kappa shape index (κ2) is 5.89. The second-order valence-electron chi connectivity index (χ2n) is 5.01. The van der Waals surface area contributed by atoms with Crippen LogP contribution in [0.25, 0.3) is 0 Å². The molecule has 1 aliphatic rings. The molecule has 118 valence electrons. The molecule has 2 N–H and O–H groups in total. The van der Waals surface area contributed by atoms with Crippen molar-refractivity contribution in [2.75, 3.05) is 10.6 Å². The van der Waals surface area contributed by atoms with Gasteiger partial charge < -0.3 is 15.4 Å². The molecule has 2 aromatic carbocycles. The van der Waals surface area contributed by atoms with Crippen molar-refractivity contribution in [3.8, 4) is 5.75 Å². The summed E-state index contributed by atoms with van der Waals surface area (Å²) in [6, 6.07) is 8.73.